The molecule has 2 heterocycles. The summed E-state index contributed by atoms with van der Waals surface area (Å²) in [6.07, 6.45) is 6.55. The summed E-state index contributed by atoms with van der Waals surface area (Å²) < 4.78 is 0. The molecule has 0 spiro atoms. The van der Waals surface area contributed by atoms with Crippen LogP contribution in [0.15, 0.2) is 5.11 Å². The van der Waals surface area contributed by atoms with E-state index in [1.165, 1.54) is 45.2 Å². The van der Waals surface area contributed by atoms with Crippen LogP contribution in [-0.4, -0.2) is 30.6 Å². The number of hydrogen-bond donors (Lipinski definition) is 0. The highest BCUT2D eigenvalue weighted by atomic mass is 15.2. The molecule has 0 radical (unpaired) electrons. The summed E-state index contributed by atoms with van der Waals surface area (Å²) in [5.74, 6) is 0.625. The van der Waals surface area contributed by atoms with Crippen molar-refractivity contribution >= 4 is 0 Å². The second kappa shape index (κ2) is 4.67. The molecular weight excluding hydrogens is 176 g/mol. The number of rotatable bonds is 2. The summed E-state index contributed by atoms with van der Waals surface area (Å²) in [5.41, 5.74) is 8.34. The van der Waals surface area contributed by atoms with Gasteiger partial charge >= 0.3 is 0 Å². The Hall–Kier alpha value is -0.730. The minimum atomic E-state index is 0.625. The van der Waals surface area contributed by atoms with Crippen LogP contribution in [0.1, 0.15) is 32.1 Å². The van der Waals surface area contributed by atoms with Crippen molar-refractivity contribution in [2.24, 2.45) is 11.0 Å². The molecule has 2 fully saturated rings. The van der Waals surface area contributed by atoms with Crippen LogP contribution in [0, 0.1) is 5.92 Å². The van der Waals surface area contributed by atoms with Crippen LogP contribution in [0.4, 0.5) is 0 Å². The Morgan fingerprint density at radius 1 is 1.21 bits per heavy atom. The Morgan fingerprint density at radius 2 is 2.07 bits per heavy atom. The maximum Gasteiger partial charge on any atom is 0.0301 e. The molecule has 0 N–H and O–H groups in total. The van der Waals surface area contributed by atoms with E-state index in [1.807, 2.05) is 0 Å². The molecule has 0 aliphatic carbocycles. The lowest BCUT2D eigenvalue weighted by atomic mass is 9.84. The molecular formula is C10H18N4. The number of hydrogen-bond acceptors (Lipinski definition) is 2. The molecule has 2 atom stereocenters. The Bertz CT molecular complexity index is 232. The van der Waals surface area contributed by atoms with Crippen molar-refractivity contribution in [1.82, 2.24) is 4.90 Å². The summed E-state index contributed by atoms with van der Waals surface area (Å²) >= 11 is 0. The average Bonchev–Trinajstić information content (AvgIpc) is 2.26. The lowest BCUT2D eigenvalue weighted by Crippen LogP contribution is -2.48. The Labute approximate surface area is 84.9 Å². The van der Waals surface area contributed by atoms with Gasteiger partial charge in [0.15, 0.2) is 0 Å². The van der Waals surface area contributed by atoms with E-state index in [1.54, 1.807) is 0 Å². The largest absolute Gasteiger partial charge is 0.300 e. The van der Waals surface area contributed by atoms with Crippen molar-refractivity contribution < 1.29 is 0 Å². The van der Waals surface area contributed by atoms with Crippen LogP contribution < -0.4 is 0 Å². The van der Waals surface area contributed by atoms with E-state index in [4.69, 9.17) is 5.53 Å². The average molecular weight is 194 g/mol. The molecule has 4 heteroatoms. The van der Waals surface area contributed by atoms with Gasteiger partial charge in [0.2, 0.25) is 0 Å². The van der Waals surface area contributed by atoms with E-state index in [-0.39, 0.29) is 0 Å². The quantitative estimate of drug-likeness (QED) is 0.378. The van der Waals surface area contributed by atoms with Crippen LogP contribution in [0.2, 0.25) is 0 Å². The molecule has 0 bridgehead atoms. The van der Waals surface area contributed by atoms with Crippen molar-refractivity contribution in [3.63, 3.8) is 0 Å². The summed E-state index contributed by atoms with van der Waals surface area (Å²) in [5, 5.41) is 3.74. The van der Waals surface area contributed by atoms with E-state index >= 15 is 0 Å². The highest BCUT2D eigenvalue weighted by Crippen LogP contribution is 2.30. The van der Waals surface area contributed by atoms with Gasteiger partial charge in [-0.05, 0) is 50.2 Å². The SMILES string of the molecule is [N-]=[N+]=NCC1CCCN2CCCCC12. The highest BCUT2D eigenvalue weighted by molar-refractivity contribution is 4.87. The van der Waals surface area contributed by atoms with Gasteiger partial charge < -0.3 is 4.90 Å². The number of nitrogens with zero attached hydrogens (tertiary/aromatic N) is 4. The minimum Gasteiger partial charge on any atom is -0.300 e. The van der Waals surface area contributed by atoms with Gasteiger partial charge in [-0.1, -0.05) is 11.5 Å². The van der Waals surface area contributed by atoms with Gasteiger partial charge in [-0.2, -0.15) is 0 Å². The van der Waals surface area contributed by atoms with E-state index in [0.717, 1.165) is 0 Å². The third-order valence-corrected chi connectivity index (χ3v) is 3.61. The van der Waals surface area contributed by atoms with Gasteiger partial charge in [0.1, 0.15) is 0 Å². The predicted molar refractivity (Wildman–Crippen MR) is 55.9 cm³/mol. The minimum absolute atomic E-state index is 0.625. The molecule has 0 amide bonds. The first kappa shape index (κ1) is 9.81. The monoisotopic (exact) mass is 194 g/mol. The first-order chi connectivity index (χ1) is 6.92. The summed E-state index contributed by atoms with van der Waals surface area (Å²) in [4.78, 5) is 5.48. The normalized spacial score (nSPS) is 33.1. The molecule has 78 valence electrons. The van der Waals surface area contributed by atoms with Crippen molar-refractivity contribution in [2.75, 3.05) is 19.6 Å². The fourth-order valence-corrected chi connectivity index (χ4v) is 2.93. The summed E-state index contributed by atoms with van der Waals surface area (Å²) in [7, 11) is 0. The first-order valence-corrected chi connectivity index (χ1v) is 5.66. The smallest absolute Gasteiger partial charge is 0.0301 e. The third-order valence-electron chi connectivity index (χ3n) is 3.61. The molecule has 2 aliphatic rings. The zero-order chi connectivity index (χ0) is 9.80. The molecule has 2 unspecified atom stereocenters. The van der Waals surface area contributed by atoms with E-state index in [2.05, 4.69) is 14.9 Å². The molecule has 0 aromatic heterocycles. The first-order valence-electron chi connectivity index (χ1n) is 5.66. The van der Waals surface area contributed by atoms with E-state index in [9.17, 15) is 0 Å². The second-order valence-electron chi connectivity index (χ2n) is 4.41. The fourth-order valence-electron chi connectivity index (χ4n) is 2.93. The standard InChI is InChI=1S/C10H18N4/c11-13-12-8-9-4-3-7-14-6-2-1-5-10(9)14/h9-10H,1-8H2. The van der Waals surface area contributed by atoms with Crippen molar-refractivity contribution in [3.8, 4) is 0 Å². The zero-order valence-corrected chi connectivity index (χ0v) is 8.60. The maximum absolute atomic E-state index is 8.34. The van der Waals surface area contributed by atoms with Crippen LogP contribution in [0.25, 0.3) is 10.4 Å². The van der Waals surface area contributed by atoms with Gasteiger partial charge in [-0.25, -0.2) is 0 Å². The highest BCUT2D eigenvalue weighted by Gasteiger charge is 2.32. The molecule has 2 rings (SSSR count). The summed E-state index contributed by atoms with van der Waals surface area (Å²) in [6, 6.07) is 0.711. The maximum atomic E-state index is 8.34. The molecule has 0 aromatic carbocycles. The zero-order valence-electron chi connectivity index (χ0n) is 8.60. The van der Waals surface area contributed by atoms with Crippen LogP contribution in [0.3, 0.4) is 0 Å². The van der Waals surface area contributed by atoms with Gasteiger partial charge in [0.05, 0.1) is 0 Å². The molecule has 2 saturated heterocycles. The Morgan fingerprint density at radius 3 is 2.93 bits per heavy atom. The molecule has 0 aromatic rings. The second-order valence-corrected chi connectivity index (χ2v) is 4.41. The van der Waals surface area contributed by atoms with Crippen LogP contribution in [0.5, 0.6) is 0 Å². The number of azide groups is 1. The molecule has 2 aliphatic heterocycles. The third kappa shape index (κ3) is 2.02. The molecule has 14 heavy (non-hydrogen) atoms. The van der Waals surface area contributed by atoms with Gasteiger partial charge in [-0.15, -0.1) is 0 Å². The summed E-state index contributed by atoms with van der Waals surface area (Å²) in [6.45, 7) is 3.23. The topological polar surface area (TPSA) is 52.0 Å². The van der Waals surface area contributed by atoms with Crippen molar-refractivity contribution in [2.45, 2.75) is 38.1 Å². The fraction of sp³-hybridized carbons (Fsp3) is 1.00. The number of fused-ring (bicyclic) bond motifs is 1. The van der Waals surface area contributed by atoms with Gasteiger partial charge in [0.25, 0.3) is 0 Å². The molecule has 4 nitrogen and oxygen atoms in total. The lowest BCUT2D eigenvalue weighted by Gasteiger charge is -2.44. The van der Waals surface area contributed by atoms with E-state index < -0.39 is 0 Å². The van der Waals surface area contributed by atoms with Crippen molar-refractivity contribution in [1.29, 1.82) is 0 Å². The van der Waals surface area contributed by atoms with E-state index in [0.29, 0.717) is 18.5 Å². The van der Waals surface area contributed by atoms with Crippen LogP contribution in [-0.2, 0) is 0 Å². The lowest BCUT2D eigenvalue weighted by molar-refractivity contribution is 0.0632. The van der Waals surface area contributed by atoms with Gasteiger partial charge in [0, 0.05) is 17.5 Å². The van der Waals surface area contributed by atoms with Gasteiger partial charge in [-0.3, -0.25) is 0 Å². The van der Waals surface area contributed by atoms with Crippen LogP contribution >= 0.6 is 0 Å². The Balaban J connectivity index is 1.97. The predicted octanol–water partition coefficient (Wildman–Crippen LogP) is 2.56. The molecule has 0 saturated carbocycles. The number of piperidine rings is 2. The van der Waals surface area contributed by atoms with Crippen molar-refractivity contribution in [3.05, 3.63) is 10.4 Å². The Kier molecular flexibility index (Phi) is 3.27.